The van der Waals surface area contributed by atoms with Crippen LogP contribution in [0.25, 0.3) is 0 Å². The van der Waals surface area contributed by atoms with Gasteiger partial charge in [0, 0.05) is 12.3 Å². The molecule has 0 bridgehead atoms. The SMILES string of the molecule is C=CC(=O)Nc1cncc(Oc2cncc(C(F)(F)F)c2)c1. The number of alkyl halides is 3. The Hall–Kier alpha value is -2.90. The summed E-state index contributed by atoms with van der Waals surface area (Å²) in [5, 5.41) is 2.46. The molecule has 0 atom stereocenters. The summed E-state index contributed by atoms with van der Waals surface area (Å²) in [6.07, 6.45) is 1.06. The van der Waals surface area contributed by atoms with Gasteiger partial charge in [-0.05, 0) is 12.1 Å². The first kappa shape index (κ1) is 15.5. The predicted molar refractivity (Wildman–Crippen MR) is 72.4 cm³/mol. The van der Waals surface area contributed by atoms with E-state index in [1.807, 2.05) is 0 Å². The molecule has 0 saturated carbocycles. The number of halogens is 3. The number of amides is 1. The van der Waals surface area contributed by atoms with Crippen LogP contribution in [0.1, 0.15) is 5.56 Å². The summed E-state index contributed by atoms with van der Waals surface area (Å²) < 4.78 is 43.0. The fraction of sp³-hybridized carbons (Fsp3) is 0.0714. The van der Waals surface area contributed by atoms with Gasteiger partial charge in [0.05, 0.1) is 29.8 Å². The van der Waals surface area contributed by atoms with E-state index < -0.39 is 17.6 Å². The van der Waals surface area contributed by atoms with Gasteiger partial charge in [-0.2, -0.15) is 13.2 Å². The molecule has 1 amide bonds. The third-order valence-electron chi connectivity index (χ3n) is 2.44. The van der Waals surface area contributed by atoms with Crippen LogP contribution in [0.2, 0.25) is 0 Å². The molecule has 2 aromatic rings. The number of hydrogen-bond donors (Lipinski definition) is 1. The molecule has 0 spiro atoms. The van der Waals surface area contributed by atoms with Crippen LogP contribution in [-0.4, -0.2) is 15.9 Å². The smallest absolute Gasteiger partial charge is 0.418 e. The minimum absolute atomic E-state index is 0.0937. The van der Waals surface area contributed by atoms with Crippen molar-refractivity contribution in [1.82, 2.24) is 9.97 Å². The van der Waals surface area contributed by atoms with E-state index in [0.29, 0.717) is 11.9 Å². The van der Waals surface area contributed by atoms with Gasteiger partial charge < -0.3 is 10.1 Å². The fourth-order valence-electron chi connectivity index (χ4n) is 1.50. The van der Waals surface area contributed by atoms with E-state index in [-0.39, 0.29) is 11.5 Å². The second-order valence-electron chi connectivity index (χ2n) is 4.11. The molecule has 0 fully saturated rings. The Kier molecular flexibility index (Phi) is 4.40. The van der Waals surface area contributed by atoms with Gasteiger partial charge in [0.25, 0.3) is 0 Å². The highest BCUT2D eigenvalue weighted by atomic mass is 19.4. The van der Waals surface area contributed by atoms with E-state index in [0.717, 1.165) is 18.3 Å². The molecule has 0 saturated heterocycles. The highest BCUT2D eigenvalue weighted by molar-refractivity contribution is 5.98. The first-order chi connectivity index (χ1) is 10.4. The third-order valence-corrected chi connectivity index (χ3v) is 2.44. The number of pyridine rings is 2. The van der Waals surface area contributed by atoms with Crippen molar-refractivity contribution in [2.24, 2.45) is 0 Å². The van der Waals surface area contributed by atoms with Crippen molar-refractivity contribution in [2.75, 3.05) is 5.32 Å². The first-order valence-electron chi connectivity index (χ1n) is 5.97. The Balaban J connectivity index is 2.19. The van der Waals surface area contributed by atoms with Crippen molar-refractivity contribution in [3.63, 3.8) is 0 Å². The Labute approximate surface area is 123 Å². The lowest BCUT2D eigenvalue weighted by Gasteiger charge is -2.10. The van der Waals surface area contributed by atoms with Gasteiger partial charge in [0.15, 0.2) is 0 Å². The van der Waals surface area contributed by atoms with Crippen molar-refractivity contribution >= 4 is 11.6 Å². The zero-order chi connectivity index (χ0) is 16.2. The summed E-state index contributed by atoms with van der Waals surface area (Å²) in [5.41, 5.74) is -0.601. The van der Waals surface area contributed by atoms with E-state index in [1.165, 1.54) is 18.5 Å². The molecule has 2 heterocycles. The topological polar surface area (TPSA) is 64.1 Å². The number of nitrogens with zero attached hydrogens (tertiary/aromatic N) is 2. The van der Waals surface area contributed by atoms with E-state index in [4.69, 9.17) is 4.74 Å². The second kappa shape index (κ2) is 6.25. The second-order valence-corrected chi connectivity index (χ2v) is 4.11. The Morgan fingerprint density at radius 1 is 1.14 bits per heavy atom. The molecule has 0 unspecified atom stereocenters. The van der Waals surface area contributed by atoms with Crippen molar-refractivity contribution in [3.05, 3.63) is 55.1 Å². The summed E-state index contributed by atoms with van der Waals surface area (Å²) in [7, 11) is 0. The quantitative estimate of drug-likeness (QED) is 0.879. The molecular formula is C14H10F3N3O2. The molecule has 0 aliphatic carbocycles. The van der Waals surface area contributed by atoms with Gasteiger partial charge in [-0.15, -0.1) is 0 Å². The number of rotatable bonds is 4. The minimum atomic E-state index is -4.51. The van der Waals surface area contributed by atoms with Crippen LogP contribution in [0.5, 0.6) is 11.5 Å². The molecule has 2 aromatic heterocycles. The standard InChI is InChI=1S/C14H10F3N3O2/c1-2-13(21)20-10-4-12(8-19-6-10)22-11-3-9(5-18-7-11)14(15,16)17/h2-8H,1H2,(H,20,21). The molecular weight excluding hydrogens is 299 g/mol. The molecule has 114 valence electrons. The molecule has 0 aliphatic heterocycles. The molecule has 1 N–H and O–H groups in total. The summed E-state index contributed by atoms with van der Waals surface area (Å²) in [6.45, 7) is 3.30. The highest BCUT2D eigenvalue weighted by Gasteiger charge is 2.31. The van der Waals surface area contributed by atoms with Gasteiger partial charge in [0.1, 0.15) is 11.5 Å². The Morgan fingerprint density at radius 3 is 2.41 bits per heavy atom. The van der Waals surface area contributed by atoms with E-state index >= 15 is 0 Å². The lowest BCUT2D eigenvalue weighted by molar-refractivity contribution is -0.137. The number of nitrogens with one attached hydrogen (secondary N) is 1. The minimum Gasteiger partial charge on any atom is -0.454 e. The maximum atomic E-state index is 12.6. The zero-order valence-corrected chi connectivity index (χ0v) is 11.1. The zero-order valence-electron chi connectivity index (χ0n) is 11.1. The predicted octanol–water partition coefficient (Wildman–Crippen LogP) is 3.41. The van der Waals surface area contributed by atoms with Crippen LogP contribution in [0, 0.1) is 0 Å². The van der Waals surface area contributed by atoms with E-state index in [1.54, 1.807) is 0 Å². The van der Waals surface area contributed by atoms with Crippen LogP contribution < -0.4 is 10.1 Å². The van der Waals surface area contributed by atoms with Gasteiger partial charge >= 0.3 is 6.18 Å². The largest absolute Gasteiger partial charge is 0.454 e. The molecule has 5 nitrogen and oxygen atoms in total. The summed E-state index contributed by atoms with van der Waals surface area (Å²) in [4.78, 5) is 18.5. The van der Waals surface area contributed by atoms with Crippen LogP contribution in [0.3, 0.4) is 0 Å². The van der Waals surface area contributed by atoms with E-state index in [9.17, 15) is 18.0 Å². The lowest BCUT2D eigenvalue weighted by Crippen LogP contribution is -2.07. The number of hydrogen-bond acceptors (Lipinski definition) is 4. The molecule has 22 heavy (non-hydrogen) atoms. The summed E-state index contributed by atoms with van der Waals surface area (Å²) in [5.74, 6) is -0.383. The van der Waals surface area contributed by atoms with Gasteiger partial charge in [-0.1, -0.05) is 6.58 Å². The first-order valence-corrected chi connectivity index (χ1v) is 5.97. The van der Waals surface area contributed by atoms with Crippen molar-refractivity contribution < 1.29 is 22.7 Å². The van der Waals surface area contributed by atoms with Crippen molar-refractivity contribution in [1.29, 1.82) is 0 Å². The van der Waals surface area contributed by atoms with Crippen LogP contribution in [0.4, 0.5) is 18.9 Å². The summed E-state index contributed by atoms with van der Waals surface area (Å²) >= 11 is 0. The molecule has 0 radical (unpaired) electrons. The van der Waals surface area contributed by atoms with Crippen LogP contribution in [-0.2, 0) is 11.0 Å². The molecule has 0 aromatic carbocycles. The number of carbonyl (C=O) groups is 1. The monoisotopic (exact) mass is 309 g/mol. The fourth-order valence-corrected chi connectivity index (χ4v) is 1.50. The Bertz CT molecular complexity index is 702. The molecule has 2 rings (SSSR count). The van der Waals surface area contributed by atoms with Gasteiger partial charge in [0.2, 0.25) is 5.91 Å². The average molecular weight is 309 g/mol. The maximum absolute atomic E-state index is 12.6. The highest BCUT2D eigenvalue weighted by Crippen LogP contribution is 2.32. The third kappa shape index (κ3) is 4.05. The molecule has 0 aliphatic rings. The number of carbonyl (C=O) groups excluding carboxylic acids is 1. The number of ether oxygens (including phenoxy) is 1. The van der Waals surface area contributed by atoms with Crippen LogP contribution >= 0.6 is 0 Å². The average Bonchev–Trinajstić information content (AvgIpc) is 2.47. The van der Waals surface area contributed by atoms with Gasteiger partial charge in [-0.3, -0.25) is 14.8 Å². The normalized spacial score (nSPS) is 10.9. The van der Waals surface area contributed by atoms with Crippen molar-refractivity contribution in [3.8, 4) is 11.5 Å². The lowest BCUT2D eigenvalue weighted by atomic mass is 10.3. The maximum Gasteiger partial charge on any atom is 0.418 e. The van der Waals surface area contributed by atoms with Gasteiger partial charge in [-0.25, -0.2) is 0 Å². The molecule has 8 heteroatoms. The number of aromatic nitrogens is 2. The van der Waals surface area contributed by atoms with Crippen molar-refractivity contribution in [2.45, 2.75) is 6.18 Å². The Morgan fingerprint density at radius 2 is 1.77 bits per heavy atom. The van der Waals surface area contributed by atoms with Crippen LogP contribution in [0.15, 0.2) is 49.6 Å². The van der Waals surface area contributed by atoms with E-state index in [2.05, 4.69) is 21.9 Å². The summed E-state index contributed by atoms with van der Waals surface area (Å²) in [6, 6.07) is 2.23. The number of anilines is 1.